The van der Waals surface area contributed by atoms with Gasteiger partial charge in [-0.3, -0.25) is 9.59 Å². The summed E-state index contributed by atoms with van der Waals surface area (Å²) in [5.41, 5.74) is 4.70. The largest absolute Gasteiger partial charge is 0.494 e. The Morgan fingerprint density at radius 1 is 1.06 bits per heavy atom. The van der Waals surface area contributed by atoms with Gasteiger partial charge in [0.1, 0.15) is 18.1 Å². The minimum Gasteiger partial charge on any atom is -0.494 e. The van der Waals surface area contributed by atoms with Crippen molar-refractivity contribution in [1.29, 1.82) is 0 Å². The minimum absolute atomic E-state index is 0.118. The molecule has 2 bridgehead atoms. The van der Waals surface area contributed by atoms with Crippen LogP contribution >= 0.6 is 0 Å². The van der Waals surface area contributed by atoms with Crippen LogP contribution in [-0.2, 0) is 6.42 Å². The highest BCUT2D eigenvalue weighted by Gasteiger charge is 2.25. The lowest BCUT2D eigenvalue weighted by molar-refractivity contribution is 0.0723. The molecule has 3 aromatic rings. The van der Waals surface area contributed by atoms with E-state index in [1.807, 2.05) is 43.3 Å². The molecule has 1 fully saturated rings. The lowest BCUT2D eigenvalue weighted by Crippen LogP contribution is -2.40. The summed E-state index contributed by atoms with van der Waals surface area (Å²) in [6.45, 7) is 3.94. The van der Waals surface area contributed by atoms with Crippen LogP contribution in [0.25, 0.3) is 0 Å². The van der Waals surface area contributed by atoms with Gasteiger partial charge in [-0.2, -0.15) is 0 Å². The average Bonchev–Trinajstić information content (AvgIpc) is 3.74. The third-order valence-electron chi connectivity index (χ3n) is 6.68. The van der Waals surface area contributed by atoms with E-state index >= 15 is 0 Å². The van der Waals surface area contributed by atoms with Gasteiger partial charge in [0.25, 0.3) is 11.8 Å². The Morgan fingerprint density at radius 3 is 2.75 bits per heavy atom. The fraction of sp³-hybridized carbons (Fsp3) is 0.333. The van der Waals surface area contributed by atoms with Crippen LogP contribution in [0.2, 0.25) is 0 Å². The van der Waals surface area contributed by atoms with Gasteiger partial charge in [-0.25, -0.2) is 0 Å². The molecule has 0 spiro atoms. The van der Waals surface area contributed by atoms with Crippen molar-refractivity contribution in [3.8, 4) is 11.5 Å². The predicted molar refractivity (Wildman–Crippen MR) is 139 cm³/mol. The number of hydrogen-bond donors (Lipinski definition) is 1. The lowest BCUT2D eigenvalue weighted by Gasteiger charge is -2.24. The first-order valence-corrected chi connectivity index (χ1v) is 12.8. The Balaban J connectivity index is 1.41. The van der Waals surface area contributed by atoms with E-state index in [2.05, 4.69) is 23.5 Å². The Labute approximate surface area is 212 Å². The average molecular weight is 485 g/mol. The van der Waals surface area contributed by atoms with Crippen molar-refractivity contribution >= 4 is 11.8 Å². The maximum Gasteiger partial charge on any atom is 0.254 e. The Morgan fingerprint density at radius 2 is 1.92 bits per heavy atom. The number of carbonyl (C=O) groups is 2. The topological polar surface area (TPSA) is 67.9 Å². The van der Waals surface area contributed by atoms with E-state index in [0.717, 1.165) is 16.9 Å². The number of ether oxygens (including phenoxy) is 2. The van der Waals surface area contributed by atoms with E-state index in [9.17, 15) is 9.59 Å². The molecule has 0 radical (unpaired) electrons. The molecule has 2 aliphatic rings. The van der Waals surface area contributed by atoms with Crippen LogP contribution in [0, 0.1) is 0 Å². The Kier molecular flexibility index (Phi) is 7.21. The number of amides is 2. The third kappa shape index (κ3) is 5.70. The molecular weight excluding hydrogens is 452 g/mol. The van der Waals surface area contributed by atoms with Crippen molar-refractivity contribution in [2.45, 2.75) is 32.1 Å². The molecule has 0 atom stereocenters. The third-order valence-corrected chi connectivity index (χ3v) is 6.68. The molecule has 5 rings (SSSR count). The highest BCUT2D eigenvalue weighted by atomic mass is 16.5. The van der Waals surface area contributed by atoms with Crippen LogP contribution < -0.4 is 14.8 Å². The molecule has 6 nitrogen and oxygen atoms in total. The lowest BCUT2D eigenvalue weighted by atomic mass is 9.98. The van der Waals surface area contributed by atoms with Crippen molar-refractivity contribution in [2.75, 3.05) is 32.8 Å². The van der Waals surface area contributed by atoms with Crippen molar-refractivity contribution in [1.82, 2.24) is 10.2 Å². The Hall–Kier alpha value is -3.80. The zero-order chi connectivity index (χ0) is 24.9. The molecule has 1 saturated carbocycles. The number of fused-ring (bicyclic) bond motifs is 3. The number of hydrogen-bond acceptors (Lipinski definition) is 4. The normalized spacial score (nSPS) is 16.2. The van der Waals surface area contributed by atoms with Crippen molar-refractivity contribution in [2.24, 2.45) is 0 Å². The zero-order valence-electron chi connectivity index (χ0n) is 20.7. The van der Waals surface area contributed by atoms with Crippen LogP contribution in [-0.4, -0.2) is 49.6 Å². The van der Waals surface area contributed by atoms with Gasteiger partial charge in [0, 0.05) is 30.6 Å². The van der Waals surface area contributed by atoms with E-state index in [4.69, 9.17) is 9.47 Å². The summed E-state index contributed by atoms with van der Waals surface area (Å²) in [7, 11) is 0. The van der Waals surface area contributed by atoms with Gasteiger partial charge in [-0.15, -0.1) is 0 Å². The van der Waals surface area contributed by atoms with Crippen LogP contribution in [0.3, 0.4) is 0 Å². The van der Waals surface area contributed by atoms with Crippen molar-refractivity contribution in [3.05, 3.63) is 94.5 Å². The number of nitrogens with one attached hydrogen (secondary N) is 1. The van der Waals surface area contributed by atoms with Gasteiger partial charge in [-0.1, -0.05) is 30.3 Å². The molecule has 1 heterocycles. The molecule has 1 aliphatic carbocycles. The van der Waals surface area contributed by atoms with Crippen LogP contribution in [0.1, 0.15) is 63.1 Å². The first-order valence-electron chi connectivity index (χ1n) is 12.8. The highest BCUT2D eigenvalue weighted by Crippen LogP contribution is 2.41. The standard InChI is InChI=1S/C30H32N2O4/c1-2-35-27-8-4-7-25(20-27)30(34)32-14-13-31-29(33)24-6-3-5-21(17-24)18-26-19-23(22-9-10-22)11-12-28(26)36-16-15-32/h3-8,11-12,17,19-20,22H,2,9-10,13-16,18H2,1H3,(H,31,33). The summed E-state index contributed by atoms with van der Waals surface area (Å²) in [5.74, 6) is 1.88. The molecule has 2 amide bonds. The molecule has 186 valence electrons. The Bertz CT molecular complexity index is 1250. The predicted octanol–water partition coefficient (Wildman–Crippen LogP) is 4.82. The zero-order valence-corrected chi connectivity index (χ0v) is 20.7. The van der Waals surface area contributed by atoms with E-state index in [-0.39, 0.29) is 11.8 Å². The van der Waals surface area contributed by atoms with Crippen LogP contribution in [0.4, 0.5) is 0 Å². The van der Waals surface area contributed by atoms with Gasteiger partial charge >= 0.3 is 0 Å². The second kappa shape index (κ2) is 10.9. The van der Waals surface area contributed by atoms with Crippen LogP contribution in [0.15, 0.2) is 66.7 Å². The molecule has 36 heavy (non-hydrogen) atoms. The van der Waals surface area contributed by atoms with Gasteiger partial charge in [0.15, 0.2) is 0 Å². The maximum absolute atomic E-state index is 13.4. The summed E-state index contributed by atoms with van der Waals surface area (Å²) in [5, 5.41) is 2.97. The van der Waals surface area contributed by atoms with E-state index < -0.39 is 0 Å². The number of benzene rings is 3. The van der Waals surface area contributed by atoms with Gasteiger partial charge < -0.3 is 19.7 Å². The molecule has 0 unspecified atom stereocenters. The number of carbonyl (C=O) groups excluding carboxylic acids is 2. The van der Waals surface area contributed by atoms with Crippen LogP contribution in [0.5, 0.6) is 11.5 Å². The summed E-state index contributed by atoms with van der Waals surface area (Å²) in [4.78, 5) is 28.0. The highest BCUT2D eigenvalue weighted by molar-refractivity contribution is 5.95. The minimum atomic E-state index is -0.136. The monoisotopic (exact) mass is 484 g/mol. The van der Waals surface area contributed by atoms with Gasteiger partial charge in [-0.05, 0) is 78.8 Å². The van der Waals surface area contributed by atoms with Crippen molar-refractivity contribution in [3.63, 3.8) is 0 Å². The molecule has 3 aromatic carbocycles. The first-order chi connectivity index (χ1) is 17.6. The van der Waals surface area contributed by atoms with Crippen molar-refractivity contribution < 1.29 is 19.1 Å². The summed E-state index contributed by atoms with van der Waals surface area (Å²) >= 11 is 0. The molecule has 1 aliphatic heterocycles. The number of nitrogens with zero attached hydrogens (tertiary/aromatic N) is 1. The first kappa shape index (κ1) is 23.9. The quantitative estimate of drug-likeness (QED) is 0.577. The van der Waals surface area contributed by atoms with E-state index in [0.29, 0.717) is 62.1 Å². The fourth-order valence-corrected chi connectivity index (χ4v) is 4.65. The second-order valence-corrected chi connectivity index (χ2v) is 9.38. The van der Waals surface area contributed by atoms with Gasteiger partial charge in [0.05, 0.1) is 13.2 Å². The summed E-state index contributed by atoms with van der Waals surface area (Å²) in [6.07, 6.45) is 3.15. The molecule has 1 N–H and O–H groups in total. The molecule has 0 aromatic heterocycles. The maximum atomic E-state index is 13.4. The van der Waals surface area contributed by atoms with E-state index in [1.165, 1.54) is 18.4 Å². The summed E-state index contributed by atoms with van der Waals surface area (Å²) in [6, 6.07) is 21.4. The SMILES string of the molecule is CCOc1cccc(C(=O)N2CCNC(=O)c3cccc(c3)Cc3cc(C4CC4)ccc3OCC2)c1. The smallest absolute Gasteiger partial charge is 0.254 e. The second-order valence-electron chi connectivity index (χ2n) is 9.38. The number of rotatable bonds is 4. The van der Waals surface area contributed by atoms with E-state index in [1.54, 1.807) is 17.0 Å². The fourth-order valence-electron chi connectivity index (χ4n) is 4.65. The molecule has 0 saturated heterocycles. The van der Waals surface area contributed by atoms with Gasteiger partial charge in [0.2, 0.25) is 0 Å². The molecular formula is C30H32N2O4. The summed E-state index contributed by atoms with van der Waals surface area (Å²) < 4.78 is 11.8. The molecule has 6 heteroatoms.